The topological polar surface area (TPSA) is 30.7 Å². The van der Waals surface area contributed by atoms with Gasteiger partial charge in [-0.3, -0.25) is 4.57 Å². The Morgan fingerprint density at radius 2 is 1.63 bits per heavy atom. The Balaban J connectivity index is 1.16. The number of allylic oxidation sites excluding steroid dienone is 9. The highest BCUT2D eigenvalue weighted by Crippen LogP contribution is 2.44. The third-order valence-electron chi connectivity index (χ3n) is 10.1. The highest BCUT2D eigenvalue weighted by atomic mass is 15.2. The monoisotopic (exact) mass is 597 g/mol. The lowest BCUT2D eigenvalue weighted by Gasteiger charge is -2.33. The van der Waals surface area contributed by atoms with Crippen molar-refractivity contribution in [3.05, 3.63) is 150 Å². The summed E-state index contributed by atoms with van der Waals surface area (Å²) in [4.78, 5) is 10.1. The zero-order valence-corrected chi connectivity index (χ0v) is 26.8. The maximum atomic E-state index is 5.22. The van der Waals surface area contributed by atoms with E-state index in [4.69, 9.17) is 9.97 Å². The van der Waals surface area contributed by atoms with Gasteiger partial charge < -0.3 is 0 Å². The molecule has 0 radical (unpaired) electrons. The first kappa shape index (κ1) is 28.5. The molecule has 3 nitrogen and oxygen atoms in total. The number of hydrogen-bond donors (Lipinski definition) is 0. The van der Waals surface area contributed by atoms with Gasteiger partial charge in [0.2, 0.25) is 5.95 Å². The Morgan fingerprint density at radius 3 is 2.48 bits per heavy atom. The molecule has 0 N–H and O–H groups in total. The summed E-state index contributed by atoms with van der Waals surface area (Å²) in [5.74, 6) is 1.82. The normalized spacial score (nSPS) is 22.1. The summed E-state index contributed by atoms with van der Waals surface area (Å²) in [6.45, 7) is 6.97. The Bertz CT molecular complexity index is 2120. The second-order valence-electron chi connectivity index (χ2n) is 13.5. The fraction of sp³-hybridized carbons (Fsp3) is 0.209. The second kappa shape index (κ2) is 11.4. The van der Waals surface area contributed by atoms with Crippen molar-refractivity contribution in [2.75, 3.05) is 0 Å². The molecule has 5 aromatic rings. The zero-order chi connectivity index (χ0) is 31.3. The molecule has 46 heavy (non-hydrogen) atoms. The minimum absolute atomic E-state index is 0.0892. The summed E-state index contributed by atoms with van der Waals surface area (Å²) >= 11 is 0. The van der Waals surface area contributed by atoms with Crippen LogP contribution in [0.1, 0.15) is 50.4 Å². The summed E-state index contributed by atoms with van der Waals surface area (Å²) in [6, 6.07) is 28.4. The van der Waals surface area contributed by atoms with E-state index in [0.29, 0.717) is 17.8 Å². The maximum Gasteiger partial charge on any atom is 0.234 e. The van der Waals surface area contributed by atoms with Gasteiger partial charge in [0.1, 0.15) is 0 Å². The van der Waals surface area contributed by atoms with Crippen LogP contribution < -0.4 is 0 Å². The van der Waals surface area contributed by atoms with Crippen molar-refractivity contribution in [2.24, 2.45) is 17.3 Å². The van der Waals surface area contributed by atoms with Crippen LogP contribution in [-0.4, -0.2) is 14.5 Å². The minimum Gasteiger partial charge on any atom is -0.282 e. The van der Waals surface area contributed by atoms with Gasteiger partial charge in [0.05, 0.1) is 11.2 Å². The van der Waals surface area contributed by atoms with E-state index in [1.54, 1.807) is 0 Å². The van der Waals surface area contributed by atoms with Gasteiger partial charge in [-0.15, -0.1) is 0 Å². The number of nitrogens with zero attached hydrogens (tertiary/aromatic N) is 3. The van der Waals surface area contributed by atoms with E-state index < -0.39 is 0 Å². The summed E-state index contributed by atoms with van der Waals surface area (Å²) in [7, 11) is 0. The van der Waals surface area contributed by atoms with Crippen molar-refractivity contribution >= 4 is 22.6 Å². The Labute approximate surface area is 272 Å². The number of fused-ring (bicyclic) bond motifs is 3. The number of para-hydroxylation sites is 1. The predicted molar refractivity (Wildman–Crippen MR) is 192 cm³/mol. The van der Waals surface area contributed by atoms with Gasteiger partial charge in [-0.2, -0.15) is 0 Å². The molecule has 3 atom stereocenters. The second-order valence-corrected chi connectivity index (χ2v) is 13.5. The Morgan fingerprint density at radius 1 is 0.804 bits per heavy atom. The fourth-order valence-corrected chi connectivity index (χ4v) is 7.46. The van der Waals surface area contributed by atoms with Gasteiger partial charge in [0, 0.05) is 40.2 Å². The molecule has 2 heterocycles. The lowest BCUT2D eigenvalue weighted by molar-refractivity contribution is 0.496. The van der Waals surface area contributed by atoms with Crippen molar-refractivity contribution in [3.8, 4) is 28.3 Å². The molecular formula is C43H39N3. The van der Waals surface area contributed by atoms with Gasteiger partial charge in [0.15, 0.2) is 0 Å². The van der Waals surface area contributed by atoms with Crippen molar-refractivity contribution in [3.63, 3.8) is 0 Å². The van der Waals surface area contributed by atoms with E-state index >= 15 is 0 Å². The standard InChI is InChI=1S/C43H39N3/c1-29-10-8-14-35(26-29)43(3)24-22-38-37-16-6-7-17-40(37)46(41(38)28-43)42-44-25-23-39(45-42)34-13-9-12-33(27-34)31-18-20-32(21-19-31)36-15-5-4-11-30(36)2/h4-9,12-27,29-30H,10-11,28H2,1-3H3. The van der Waals surface area contributed by atoms with Crippen LogP contribution in [0, 0.1) is 17.3 Å². The number of hydrogen-bond acceptors (Lipinski definition) is 2. The van der Waals surface area contributed by atoms with Crippen molar-refractivity contribution < 1.29 is 0 Å². The number of aromatic nitrogens is 3. The third-order valence-corrected chi connectivity index (χ3v) is 10.1. The van der Waals surface area contributed by atoms with E-state index in [1.165, 1.54) is 44.5 Å². The molecule has 2 aromatic heterocycles. The van der Waals surface area contributed by atoms with E-state index in [-0.39, 0.29) is 5.41 Å². The van der Waals surface area contributed by atoms with Gasteiger partial charge in [0.25, 0.3) is 0 Å². The molecule has 3 aliphatic rings. The summed E-state index contributed by atoms with van der Waals surface area (Å²) < 4.78 is 2.30. The van der Waals surface area contributed by atoms with Crippen molar-refractivity contribution in [1.82, 2.24) is 14.5 Å². The van der Waals surface area contributed by atoms with E-state index in [9.17, 15) is 0 Å². The lowest BCUT2D eigenvalue weighted by atomic mass is 9.72. The summed E-state index contributed by atoms with van der Waals surface area (Å²) in [5, 5.41) is 1.24. The quantitative estimate of drug-likeness (QED) is 0.202. The Kier molecular flexibility index (Phi) is 7.06. The molecule has 0 saturated carbocycles. The first-order valence-electron chi connectivity index (χ1n) is 16.6. The molecule has 3 aliphatic carbocycles. The third kappa shape index (κ3) is 5.01. The van der Waals surface area contributed by atoms with Crippen molar-refractivity contribution in [1.29, 1.82) is 0 Å². The lowest BCUT2D eigenvalue weighted by Crippen LogP contribution is -2.25. The maximum absolute atomic E-state index is 5.22. The van der Waals surface area contributed by atoms with Crippen LogP contribution >= 0.6 is 0 Å². The molecule has 0 saturated heterocycles. The highest BCUT2D eigenvalue weighted by molar-refractivity contribution is 5.93. The molecule has 226 valence electrons. The first-order valence-corrected chi connectivity index (χ1v) is 16.6. The van der Waals surface area contributed by atoms with Crippen LogP contribution in [-0.2, 0) is 6.42 Å². The molecule has 3 aromatic carbocycles. The number of benzene rings is 3. The van der Waals surface area contributed by atoms with Gasteiger partial charge in [-0.1, -0.05) is 130 Å². The van der Waals surface area contributed by atoms with Gasteiger partial charge >= 0.3 is 0 Å². The minimum atomic E-state index is -0.0892. The van der Waals surface area contributed by atoms with Gasteiger partial charge in [-0.05, 0) is 70.7 Å². The fourth-order valence-electron chi connectivity index (χ4n) is 7.46. The summed E-state index contributed by atoms with van der Waals surface area (Å²) in [6.07, 6.45) is 23.5. The molecule has 0 fully saturated rings. The smallest absolute Gasteiger partial charge is 0.234 e. The average Bonchev–Trinajstić information content (AvgIpc) is 3.42. The van der Waals surface area contributed by atoms with Gasteiger partial charge in [-0.25, -0.2) is 9.97 Å². The molecule has 0 amide bonds. The van der Waals surface area contributed by atoms with Crippen LogP contribution in [0.4, 0.5) is 0 Å². The predicted octanol–water partition coefficient (Wildman–Crippen LogP) is 10.8. The molecule has 3 unspecified atom stereocenters. The molecule has 8 rings (SSSR count). The van der Waals surface area contributed by atoms with E-state index in [2.05, 4.69) is 147 Å². The van der Waals surface area contributed by atoms with Crippen LogP contribution in [0.3, 0.4) is 0 Å². The SMILES string of the molecule is CC1C=C(C2(C)C=Cc3c(n(-c4nccc(-c5cccc(-c6ccc(C7=CC=CCC7C)cc6)c5)n4)c4ccccc34)C2)C=CC1. The van der Waals surface area contributed by atoms with Crippen LogP contribution in [0.5, 0.6) is 0 Å². The zero-order valence-electron chi connectivity index (χ0n) is 26.8. The number of rotatable bonds is 5. The Hall–Kier alpha value is -5.02. The van der Waals surface area contributed by atoms with Crippen LogP contribution in [0.15, 0.2) is 133 Å². The van der Waals surface area contributed by atoms with E-state index in [1.807, 2.05) is 12.3 Å². The summed E-state index contributed by atoms with van der Waals surface area (Å²) in [5.41, 5.74) is 12.1. The average molecular weight is 598 g/mol. The largest absolute Gasteiger partial charge is 0.282 e. The first-order chi connectivity index (χ1) is 22.5. The molecule has 0 bridgehead atoms. The molecule has 0 aliphatic heterocycles. The van der Waals surface area contributed by atoms with E-state index in [0.717, 1.165) is 36.0 Å². The molecule has 3 heteroatoms. The molecular weight excluding hydrogens is 558 g/mol. The highest BCUT2D eigenvalue weighted by Gasteiger charge is 2.34. The molecule has 0 spiro atoms. The van der Waals surface area contributed by atoms with Crippen LogP contribution in [0.2, 0.25) is 0 Å². The van der Waals surface area contributed by atoms with Crippen LogP contribution in [0.25, 0.3) is 50.9 Å². The van der Waals surface area contributed by atoms with Crippen molar-refractivity contribution in [2.45, 2.75) is 40.0 Å².